The Balaban J connectivity index is 0.000000222. The largest absolute Gasteiger partial charge is 0.364 e. The van der Waals surface area contributed by atoms with E-state index in [1.165, 1.54) is 25.7 Å². The minimum atomic E-state index is 0. The van der Waals surface area contributed by atoms with Crippen molar-refractivity contribution in [2.45, 2.75) is 51.6 Å². The Labute approximate surface area is 154 Å². The number of nitrogens with zero attached hydrogens (tertiary/aromatic N) is 2. The average Bonchev–Trinajstić information content (AvgIpc) is 3.41. The van der Waals surface area contributed by atoms with Gasteiger partial charge in [0.05, 0.1) is 11.4 Å². The smallest absolute Gasteiger partial charge is 0.128 e. The van der Waals surface area contributed by atoms with Gasteiger partial charge in [-0.3, -0.25) is 0 Å². The molecular formula is C16H26Cl2N4O2. The van der Waals surface area contributed by atoms with E-state index in [-0.39, 0.29) is 36.9 Å². The predicted octanol–water partition coefficient (Wildman–Crippen LogP) is 3.63. The van der Waals surface area contributed by atoms with Crippen molar-refractivity contribution in [3.05, 3.63) is 35.0 Å². The van der Waals surface area contributed by atoms with Gasteiger partial charge in [-0.25, -0.2) is 0 Å². The summed E-state index contributed by atoms with van der Waals surface area (Å²) in [5.41, 5.74) is 15.9. The highest BCUT2D eigenvalue weighted by atomic mass is 35.5. The van der Waals surface area contributed by atoms with Crippen LogP contribution in [-0.2, 0) is 0 Å². The van der Waals surface area contributed by atoms with Crippen molar-refractivity contribution in [2.24, 2.45) is 23.3 Å². The lowest BCUT2D eigenvalue weighted by Crippen LogP contribution is -2.12. The monoisotopic (exact) mass is 376 g/mol. The van der Waals surface area contributed by atoms with Crippen molar-refractivity contribution in [1.82, 2.24) is 10.3 Å². The van der Waals surface area contributed by atoms with Crippen LogP contribution in [0.3, 0.4) is 0 Å². The van der Waals surface area contributed by atoms with Gasteiger partial charge in [0.25, 0.3) is 0 Å². The molecule has 6 nitrogen and oxygen atoms in total. The van der Waals surface area contributed by atoms with Gasteiger partial charge in [-0.15, -0.1) is 24.8 Å². The Morgan fingerprint density at radius 2 is 1.17 bits per heavy atom. The normalized spacial score (nSPS) is 18.5. The molecule has 2 aromatic rings. The van der Waals surface area contributed by atoms with Crippen molar-refractivity contribution in [3.63, 3.8) is 0 Å². The molecule has 136 valence electrons. The maximum Gasteiger partial charge on any atom is 0.128 e. The molecule has 2 fully saturated rings. The molecule has 0 amide bonds. The highest BCUT2D eigenvalue weighted by Gasteiger charge is 2.32. The van der Waals surface area contributed by atoms with Crippen molar-refractivity contribution in [2.75, 3.05) is 0 Å². The highest BCUT2D eigenvalue weighted by molar-refractivity contribution is 5.85. The molecule has 8 heteroatoms. The molecule has 2 aromatic heterocycles. The fraction of sp³-hybridized carbons (Fsp3) is 0.625. The first-order chi connectivity index (χ1) is 10.6. The lowest BCUT2D eigenvalue weighted by Gasteiger charge is -2.06. The minimum absolute atomic E-state index is 0. The molecule has 0 bridgehead atoms. The summed E-state index contributed by atoms with van der Waals surface area (Å²) in [4.78, 5) is 0. The number of hydrogen-bond donors (Lipinski definition) is 2. The topological polar surface area (TPSA) is 104 Å². The number of aryl methyl sites for hydroxylation is 2. The second-order valence-corrected chi connectivity index (χ2v) is 6.44. The average molecular weight is 377 g/mol. The highest BCUT2D eigenvalue weighted by Crippen LogP contribution is 2.40. The molecule has 4 N–H and O–H groups in total. The third-order valence-corrected chi connectivity index (χ3v) is 4.55. The summed E-state index contributed by atoms with van der Waals surface area (Å²) in [6.07, 6.45) is 8.35. The zero-order chi connectivity index (χ0) is 15.7. The van der Waals surface area contributed by atoms with Crippen LogP contribution in [0.2, 0.25) is 0 Å². The molecule has 4 rings (SSSR count). The molecule has 2 saturated carbocycles. The maximum atomic E-state index is 5.95. The molecule has 2 aliphatic rings. The lowest BCUT2D eigenvalue weighted by molar-refractivity contribution is 0.413. The van der Waals surface area contributed by atoms with Crippen LogP contribution < -0.4 is 11.5 Å². The first kappa shape index (κ1) is 21.0. The molecule has 2 heterocycles. The lowest BCUT2D eigenvalue weighted by atomic mass is 10.1. The van der Waals surface area contributed by atoms with Crippen LogP contribution in [0.15, 0.2) is 21.6 Å². The van der Waals surface area contributed by atoms with Crippen LogP contribution in [-0.4, -0.2) is 10.3 Å². The number of rotatable bonds is 4. The van der Waals surface area contributed by atoms with E-state index in [9.17, 15) is 0 Å². The summed E-state index contributed by atoms with van der Waals surface area (Å²) in [7, 11) is 0. The number of halogens is 2. The van der Waals surface area contributed by atoms with Crippen LogP contribution in [0.1, 0.15) is 60.3 Å². The van der Waals surface area contributed by atoms with Crippen molar-refractivity contribution >= 4 is 24.8 Å². The summed E-state index contributed by atoms with van der Waals surface area (Å²) in [6, 6.07) is 0.308. The van der Waals surface area contributed by atoms with Gasteiger partial charge < -0.3 is 20.5 Å². The van der Waals surface area contributed by atoms with Crippen molar-refractivity contribution in [3.8, 4) is 0 Å². The molecule has 2 aliphatic carbocycles. The van der Waals surface area contributed by atoms with Crippen molar-refractivity contribution in [1.29, 1.82) is 0 Å². The number of nitrogens with two attached hydrogens (primary N) is 2. The maximum absolute atomic E-state index is 5.95. The van der Waals surface area contributed by atoms with Gasteiger partial charge in [-0.1, -0.05) is 10.3 Å². The molecule has 0 saturated heterocycles. The van der Waals surface area contributed by atoms with Crippen LogP contribution in [0.5, 0.6) is 0 Å². The van der Waals surface area contributed by atoms with Crippen LogP contribution in [0, 0.1) is 25.7 Å². The first-order valence-corrected chi connectivity index (χ1v) is 7.90. The van der Waals surface area contributed by atoms with Crippen molar-refractivity contribution < 1.29 is 9.05 Å². The van der Waals surface area contributed by atoms with Gasteiger partial charge in [-0.2, -0.15) is 0 Å². The van der Waals surface area contributed by atoms with Gasteiger partial charge in [-0.05, 0) is 51.4 Å². The fourth-order valence-electron chi connectivity index (χ4n) is 2.66. The van der Waals surface area contributed by atoms with E-state index in [0.717, 1.165) is 22.5 Å². The summed E-state index contributed by atoms with van der Waals surface area (Å²) in [5, 5.41) is 7.59. The van der Waals surface area contributed by atoms with Gasteiger partial charge in [0, 0.05) is 23.2 Å². The summed E-state index contributed by atoms with van der Waals surface area (Å²) in [5.74, 6) is 1.35. The van der Waals surface area contributed by atoms with E-state index in [4.69, 9.17) is 20.5 Å². The molecule has 0 radical (unpaired) electrons. The molecule has 24 heavy (non-hydrogen) atoms. The Morgan fingerprint density at radius 1 is 0.833 bits per heavy atom. The number of aromatic nitrogens is 2. The van der Waals surface area contributed by atoms with Crippen LogP contribution in [0.4, 0.5) is 0 Å². The molecule has 0 aliphatic heterocycles. The fourth-order valence-corrected chi connectivity index (χ4v) is 2.66. The second kappa shape index (κ2) is 8.85. The van der Waals surface area contributed by atoms with Gasteiger partial charge >= 0.3 is 0 Å². The Kier molecular flexibility index (Phi) is 7.73. The summed E-state index contributed by atoms with van der Waals surface area (Å²) < 4.78 is 9.63. The molecule has 0 spiro atoms. The van der Waals surface area contributed by atoms with Gasteiger partial charge in [0.15, 0.2) is 0 Å². The molecule has 2 atom stereocenters. The predicted molar refractivity (Wildman–Crippen MR) is 96.3 cm³/mol. The zero-order valence-corrected chi connectivity index (χ0v) is 15.6. The summed E-state index contributed by atoms with van der Waals surface area (Å²) in [6.45, 7) is 3.86. The Bertz CT molecular complexity index is 569. The van der Waals surface area contributed by atoms with E-state index < -0.39 is 0 Å². The van der Waals surface area contributed by atoms with Crippen LogP contribution >= 0.6 is 24.8 Å². The molecule has 0 aromatic carbocycles. The third kappa shape index (κ3) is 4.96. The van der Waals surface area contributed by atoms with E-state index in [2.05, 4.69) is 10.3 Å². The molecule has 0 unspecified atom stereocenters. The van der Waals surface area contributed by atoms with E-state index in [1.54, 1.807) is 12.5 Å². The Hall–Kier alpha value is -1.08. The second-order valence-electron chi connectivity index (χ2n) is 6.44. The van der Waals surface area contributed by atoms with E-state index in [0.29, 0.717) is 11.8 Å². The standard InChI is InChI=1S/2C8H12N2O.2ClH/c2*1-5-7(4-11-10-5)8(9)6-2-3-6;;/h2*4,6,8H,2-3,9H2,1H3;2*1H/t2*8-;;/m10../s1. The van der Waals surface area contributed by atoms with Gasteiger partial charge in [0.2, 0.25) is 0 Å². The first-order valence-electron chi connectivity index (χ1n) is 7.90. The van der Waals surface area contributed by atoms with E-state index >= 15 is 0 Å². The van der Waals surface area contributed by atoms with Crippen LogP contribution in [0.25, 0.3) is 0 Å². The number of hydrogen-bond acceptors (Lipinski definition) is 6. The zero-order valence-electron chi connectivity index (χ0n) is 14.0. The Morgan fingerprint density at radius 3 is 1.38 bits per heavy atom. The summed E-state index contributed by atoms with van der Waals surface area (Å²) >= 11 is 0. The third-order valence-electron chi connectivity index (χ3n) is 4.55. The molecular weight excluding hydrogens is 351 g/mol. The SMILES string of the molecule is Cc1nocc1[C@@H](N)C1CC1.Cc1nocc1[C@H](N)C1CC1.Cl.Cl. The quantitative estimate of drug-likeness (QED) is 0.843. The minimum Gasteiger partial charge on any atom is -0.364 e. The van der Waals surface area contributed by atoms with E-state index in [1.807, 2.05) is 13.8 Å². The van der Waals surface area contributed by atoms with Gasteiger partial charge in [0.1, 0.15) is 12.5 Å².